The highest BCUT2D eigenvalue weighted by atomic mass is 35.5. The second-order valence-corrected chi connectivity index (χ2v) is 9.94. The molecule has 3 aromatic rings. The van der Waals surface area contributed by atoms with Crippen molar-refractivity contribution in [3.05, 3.63) is 113 Å². The molecule has 3 aromatic carbocycles. The number of phenols is 1. The first-order chi connectivity index (χ1) is 18.9. The van der Waals surface area contributed by atoms with Crippen molar-refractivity contribution in [2.75, 3.05) is 19.1 Å². The van der Waals surface area contributed by atoms with E-state index in [1.165, 1.54) is 19.1 Å². The van der Waals surface area contributed by atoms with Gasteiger partial charge in [-0.15, -0.1) is 0 Å². The number of rotatable bonds is 7. The Morgan fingerprint density at radius 2 is 1.72 bits per heavy atom. The van der Waals surface area contributed by atoms with Gasteiger partial charge in [0, 0.05) is 10.9 Å². The van der Waals surface area contributed by atoms with Gasteiger partial charge >= 0.3 is 0 Å². The second kappa shape index (κ2) is 10.5. The summed E-state index contributed by atoms with van der Waals surface area (Å²) >= 11 is 6.25. The van der Waals surface area contributed by atoms with Gasteiger partial charge in [-0.1, -0.05) is 78.9 Å². The van der Waals surface area contributed by atoms with Gasteiger partial charge in [-0.2, -0.15) is 0 Å². The Balaban J connectivity index is 1.71. The number of hydrogen-bond acceptors (Lipinski definition) is 5. The number of imide groups is 1. The molecule has 1 aliphatic carbocycles. The van der Waals surface area contributed by atoms with Crippen LogP contribution in [0.15, 0.2) is 97.1 Å². The molecule has 198 valence electrons. The zero-order valence-corrected chi connectivity index (χ0v) is 22.4. The molecule has 3 unspecified atom stereocenters. The minimum absolute atomic E-state index is 0.101. The number of anilines is 1. The Morgan fingerprint density at radius 3 is 2.33 bits per heavy atom. The van der Waals surface area contributed by atoms with E-state index >= 15 is 0 Å². The first-order valence-electron chi connectivity index (χ1n) is 12.5. The highest BCUT2D eigenvalue weighted by molar-refractivity contribution is 6.32. The minimum Gasteiger partial charge on any atom is -0.502 e. The number of halogens is 1. The van der Waals surface area contributed by atoms with Gasteiger partial charge in [-0.3, -0.25) is 9.59 Å². The predicted molar refractivity (Wildman–Crippen MR) is 152 cm³/mol. The van der Waals surface area contributed by atoms with E-state index < -0.39 is 17.3 Å². The number of allylic oxidation sites excluding steroid dienone is 4. The second-order valence-electron chi connectivity index (χ2n) is 9.50. The molecule has 6 nitrogen and oxygen atoms in total. The number of fused-ring (bicyclic) bond motifs is 1. The fourth-order valence-electron chi connectivity index (χ4n) is 5.83. The van der Waals surface area contributed by atoms with Crippen LogP contribution in [0.1, 0.15) is 17.5 Å². The summed E-state index contributed by atoms with van der Waals surface area (Å²) in [6, 6.07) is 19.6. The lowest BCUT2D eigenvalue weighted by atomic mass is 9.57. The normalized spacial score (nSPS) is 22.5. The largest absolute Gasteiger partial charge is 0.502 e. The maximum absolute atomic E-state index is 14.6. The van der Waals surface area contributed by atoms with E-state index in [1.54, 1.807) is 42.5 Å². The van der Waals surface area contributed by atoms with E-state index in [4.69, 9.17) is 21.1 Å². The molecule has 0 saturated carbocycles. The number of carbonyl (C=O) groups excluding carboxylic acids is 2. The summed E-state index contributed by atoms with van der Waals surface area (Å²) in [5.74, 6) is -1.31. The van der Waals surface area contributed by atoms with Crippen molar-refractivity contribution in [2.24, 2.45) is 11.8 Å². The average Bonchev–Trinajstić information content (AvgIpc) is 3.19. The van der Waals surface area contributed by atoms with E-state index in [2.05, 4.69) is 6.58 Å². The Morgan fingerprint density at radius 1 is 1.03 bits per heavy atom. The number of ether oxygens (including phenoxy) is 2. The fraction of sp³-hybridized carbons (Fsp3) is 0.188. The summed E-state index contributed by atoms with van der Waals surface area (Å²) in [6.45, 7) is 4.03. The van der Waals surface area contributed by atoms with Gasteiger partial charge in [0.05, 0.1) is 31.2 Å². The molecule has 1 N–H and O–H groups in total. The zero-order chi connectivity index (χ0) is 27.7. The Kier molecular flexibility index (Phi) is 7.06. The van der Waals surface area contributed by atoms with E-state index in [0.717, 1.165) is 11.1 Å². The quantitative estimate of drug-likeness (QED) is 0.353. The highest BCUT2D eigenvalue weighted by Crippen LogP contribution is 2.55. The van der Waals surface area contributed by atoms with Crippen molar-refractivity contribution in [3.8, 4) is 17.2 Å². The fourth-order valence-corrected chi connectivity index (χ4v) is 6.02. The Hall–Kier alpha value is -4.29. The molecular formula is C32H28ClNO5. The monoisotopic (exact) mass is 541 g/mol. The lowest BCUT2D eigenvalue weighted by molar-refractivity contribution is -0.124. The summed E-state index contributed by atoms with van der Waals surface area (Å²) in [5, 5.41) is 10.8. The number of hydrogen-bond donors (Lipinski definition) is 1. The van der Waals surface area contributed by atoms with Crippen LogP contribution in [0.5, 0.6) is 17.2 Å². The molecule has 0 bridgehead atoms. The number of methoxy groups -OCH3 is 2. The van der Waals surface area contributed by atoms with Crippen molar-refractivity contribution in [2.45, 2.75) is 11.8 Å². The van der Waals surface area contributed by atoms with Crippen LogP contribution >= 0.6 is 11.6 Å². The van der Waals surface area contributed by atoms with Crippen LogP contribution in [-0.2, 0) is 15.0 Å². The van der Waals surface area contributed by atoms with Crippen LogP contribution in [-0.4, -0.2) is 31.1 Å². The zero-order valence-electron chi connectivity index (χ0n) is 21.6. The van der Waals surface area contributed by atoms with Crippen LogP contribution < -0.4 is 14.4 Å². The van der Waals surface area contributed by atoms with Crippen LogP contribution in [0.2, 0.25) is 5.02 Å². The van der Waals surface area contributed by atoms with Crippen molar-refractivity contribution in [1.29, 1.82) is 0 Å². The number of carbonyl (C=O) groups is 2. The van der Waals surface area contributed by atoms with Crippen molar-refractivity contribution >= 4 is 35.2 Å². The number of benzene rings is 3. The van der Waals surface area contributed by atoms with Gasteiger partial charge in [0.15, 0.2) is 11.5 Å². The average molecular weight is 542 g/mol. The van der Waals surface area contributed by atoms with Gasteiger partial charge in [0.2, 0.25) is 17.6 Å². The topological polar surface area (TPSA) is 76.1 Å². The van der Waals surface area contributed by atoms with Crippen molar-refractivity contribution in [1.82, 2.24) is 0 Å². The maximum Gasteiger partial charge on any atom is 0.246 e. The molecule has 1 aliphatic heterocycles. The van der Waals surface area contributed by atoms with Gasteiger partial charge in [-0.25, -0.2) is 4.90 Å². The number of amides is 2. The van der Waals surface area contributed by atoms with E-state index in [-0.39, 0.29) is 29.1 Å². The van der Waals surface area contributed by atoms with Crippen LogP contribution in [0, 0.1) is 11.8 Å². The van der Waals surface area contributed by atoms with Gasteiger partial charge in [0.25, 0.3) is 0 Å². The molecule has 1 saturated heterocycles. The molecule has 3 atom stereocenters. The van der Waals surface area contributed by atoms with Gasteiger partial charge in [-0.05, 0) is 53.5 Å². The number of nitrogens with zero attached hydrogens (tertiary/aromatic N) is 1. The first-order valence-corrected chi connectivity index (χ1v) is 12.9. The summed E-state index contributed by atoms with van der Waals surface area (Å²) in [7, 11) is 2.92. The lowest BCUT2D eigenvalue weighted by Gasteiger charge is -2.41. The molecule has 7 heteroatoms. The Labute approximate surface area is 232 Å². The molecule has 5 rings (SSSR count). The SMILES string of the molecule is C=CC1=CCC2C(=O)N(c3cccc(Cl)c3)C(=O)C2(c2ccccc2)C1C=Cc1cc(OC)c(O)c(OC)c1. The third-order valence-corrected chi connectivity index (χ3v) is 7.84. The van der Waals surface area contributed by atoms with Crippen LogP contribution in [0.3, 0.4) is 0 Å². The molecule has 1 fully saturated rings. The van der Waals surface area contributed by atoms with E-state index in [1.807, 2.05) is 48.6 Å². The predicted octanol–water partition coefficient (Wildman–Crippen LogP) is 6.34. The van der Waals surface area contributed by atoms with Crippen molar-refractivity contribution in [3.63, 3.8) is 0 Å². The number of aromatic hydroxyl groups is 1. The third-order valence-electron chi connectivity index (χ3n) is 7.60. The maximum atomic E-state index is 14.6. The Bertz CT molecular complexity index is 1490. The van der Waals surface area contributed by atoms with Crippen molar-refractivity contribution < 1.29 is 24.2 Å². The molecule has 1 heterocycles. The van der Waals surface area contributed by atoms with Gasteiger partial charge < -0.3 is 14.6 Å². The van der Waals surface area contributed by atoms with E-state index in [0.29, 0.717) is 22.7 Å². The molecule has 0 spiro atoms. The molecule has 2 aliphatic rings. The summed E-state index contributed by atoms with van der Waals surface area (Å²) in [6.07, 6.45) is 7.89. The number of phenolic OH excluding ortho intramolecular Hbond substituents is 1. The summed E-state index contributed by atoms with van der Waals surface area (Å²) in [4.78, 5) is 29.9. The molecule has 39 heavy (non-hydrogen) atoms. The standard InChI is InChI=1S/C32H28ClNO5/c1-4-21-14-16-26-30(36)34(24-12-8-11-23(33)19-24)31(37)32(26,22-9-6-5-7-10-22)25(21)15-13-20-17-27(38-2)29(35)28(18-20)39-3/h4-15,17-19,25-26,35H,1,16H2,2-3H3. The third kappa shape index (κ3) is 4.21. The lowest BCUT2D eigenvalue weighted by Crippen LogP contribution is -2.48. The van der Waals surface area contributed by atoms with Crippen LogP contribution in [0.4, 0.5) is 5.69 Å². The minimum atomic E-state index is -1.21. The molecule has 0 radical (unpaired) electrons. The first kappa shape index (κ1) is 26.3. The highest BCUT2D eigenvalue weighted by Gasteiger charge is 2.64. The van der Waals surface area contributed by atoms with E-state index in [9.17, 15) is 14.7 Å². The molecular weight excluding hydrogens is 514 g/mol. The summed E-state index contributed by atoms with van der Waals surface area (Å²) in [5.41, 5.74) is 1.52. The summed E-state index contributed by atoms with van der Waals surface area (Å²) < 4.78 is 10.6. The van der Waals surface area contributed by atoms with Crippen LogP contribution in [0.25, 0.3) is 6.08 Å². The smallest absolute Gasteiger partial charge is 0.246 e. The molecule has 0 aromatic heterocycles. The molecule has 2 amide bonds. The van der Waals surface area contributed by atoms with Gasteiger partial charge in [0.1, 0.15) is 0 Å².